The van der Waals surface area contributed by atoms with Gasteiger partial charge in [-0.2, -0.15) is 0 Å². The summed E-state index contributed by atoms with van der Waals surface area (Å²) >= 11 is 1.80. The molecule has 0 aliphatic carbocycles. The molecule has 1 N–H and O–H groups in total. The molecule has 0 spiro atoms. The Labute approximate surface area is 113 Å². The lowest BCUT2D eigenvalue weighted by atomic mass is 10.1. The number of nitrogens with zero attached hydrogens (tertiary/aromatic N) is 1. The molecule has 0 amide bonds. The number of hydrogen-bond donors (Lipinski definition) is 1. The van der Waals surface area contributed by atoms with Gasteiger partial charge < -0.3 is 10.1 Å². The molecule has 1 aromatic carbocycles. The van der Waals surface area contributed by atoms with Crippen molar-refractivity contribution in [1.82, 2.24) is 5.32 Å². The lowest BCUT2D eigenvalue weighted by Gasteiger charge is -2.15. The summed E-state index contributed by atoms with van der Waals surface area (Å²) in [5.41, 5.74) is 0.185. The first kappa shape index (κ1) is 13.3. The predicted molar refractivity (Wildman–Crippen MR) is 78.5 cm³/mol. The Kier molecular flexibility index (Phi) is 4.53. The molecule has 0 aromatic heterocycles. The molecule has 0 radical (unpaired) electrons. The van der Waals surface area contributed by atoms with Gasteiger partial charge in [0.15, 0.2) is 5.17 Å². The first-order chi connectivity index (χ1) is 8.66. The van der Waals surface area contributed by atoms with Crippen LogP contribution in [0.1, 0.15) is 20.3 Å². The lowest BCUT2D eigenvalue weighted by molar-refractivity contribution is 0.313. The Morgan fingerprint density at radius 2 is 2.11 bits per heavy atom. The fraction of sp³-hybridized carbons (Fsp3) is 0.500. The van der Waals surface area contributed by atoms with Crippen LogP contribution in [0.15, 0.2) is 35.3 Å². The summed E-state index contributed by atoms with van der Waals surface area (Å²) in [6, 6.07) is 9.91. The lowest BCUT2D eigenvalue weighted by Crippen LogP contribution is -2.36. The molecule has 18 heavy (non-hydrogen) atoms. The number of para-hydroxylation sites is 1. The van der Waals surface area contributed by atoms with Crippen LogP contribution in [0.5, 0.6) is 5.75 Å². The Morgan fingerprint density at radius 1 is 1.33 bits per heavy atom. The first-order valence-electron chi connectivity index (χ1n) is 6.29. The second-order valence-electron chi connectivity index (χ2n) is 5.00. The van der Waals surface area contributed by atoms with E-state index in [1.807, 2.05) is 30.3 Å². The third-order valence-corrected chi connectivity index (χ3v) is 3.96. The van der Waals surface area contributed by atoms with Crippen LogP contribution in [-0.2, 0) is 0 Å². The molecule has 1 aromatic rings. The van der Waals surface area contributed by atoms with Crippen LogP contribution >= 0.6 is 11.8 Å². The molecule has 0 atom stereocenters. The zero-order chi connectivity index (χ0) is 12.8. The summed E-state index contributed by atoms with van der Waals surface area (Å²) in [5, 5.41) is 4.48. The highest BCUT2D eigenvalue weighted by molar-refractivity contribution is 8.14. The average Bonchev–Trinajstić information content (AvgIpc) is 2.70. The smallest absolute Gasteiger partial charge is 0.157 e. The quantitative estimate of drug-likeness (QED) is 0.830. The second kappa shape index (κ2) is 6.14. The van der Waals surface area contributed by atoms with E-state index in [0.29, 0.717) is 0 Å². The van der Waals surface area contributed by atoms with Gasteiger partial charge in [-0.25, -0.2) is 0 Å². The van der Waals surface area contributed by atoms with Crippen LogP contribution in [-0.4, -0.2) is 29.6 Å². The van der Waals surface area contributed by atoms with Crippen molar-refractivity contribution in [3.8, 4) is 5.75 Å². The Balaban J connectivity index is 1.63. The number of nitrogens with one attached hydrogen (secondary N) is 1. The minimum Gasteiger partial charge on any atom is -0.494 e. The number of thioether (sulfide) groups is 1. The van der Waals surface area contributed by atoms with Crippen molar-refractivity contribution in [3.63, 3.8) is 0 Å². The van der Waals surface area contributed by atoms with Gasteiger partial charge >= 0.3 is 0 Å². The third kappa shape index (κ3) is 4.26. The zero-order valence-corrected chi connectivity index (χ0v) is 11.8. The van der Waals surface area contributed by atoms with Crippen molar-refractivity contribution in [1.29, 1.82) is 0 Å². The molecule has 3 nitrogen and oxygen atoms in total. The summed E-state index contributed by atoms with van der Waals surface area (Å²) < 4.78 is 5.62. The normalized spacial score (nSPS) is 19.8. The minimum atomic E-state index is 0.185. The molecular formula is C14H20N2OS. The largest absolute Gasteiger partial charge is 0.494 e. The van der Waals surface area contributed by atoms with Gasteiger partial charge in [-0.3, -0.25) is 4.99 Å². The van der Waals surface area contributed by atoms with Gasteiger partial charge in [0.25, 0.3) is 0 Å². The van der Waals surface area contributed by atoms with Crippen LogP contribution in [0.4, 0.5) is 0 Å². The molecule has 1 aliphatic heterocycles. The van der Waals surface area contributed by atoms with Crippen molar-refractivity contribution >= 4 is 16.9 Å². The van der Waals surface area contributed by atoms with Crippen LogP contribution in [0.25, 0.3) is 0 Å². The maximum atomic E-state index is 5.62. The van der Waals surface area contributed by atoms with Crippen molar-refractivity contribution in [2.24, 2.45) is 4.99 Å². The van der Waals surface area contributed by atoms with Crippen molar-refractivity contribution in [3.05, 3.63) is 30.3 Å². The van der Waals surface area contributed by atoms with E-state index in [4.69, 9.17) is 4.74 Å². The Morgan fingerprint density at radius 3 is 2.78 bits per heavy atom. The molecule has 1 fully saturated rings. The molecule has 1 heterocycles. The number of rotatable bonds is 5. The van der Waals surface area contributed by atoms with Crippen molar-refractivity contribution in [2.45, 2.75) is 25.8 Å². The van der Waals surface area contributed by atoms with Gasteiger partial charge in [0, 0.05) is 24.3 Å². The summed E-state index contributed by atoms with van der Waals surface area (Å²) in [4.78, 5) is 4.54. The maximum absolute atomic E-state index is 5.62. The molecule has 98 valence electrons. The molecule has 2 rings (SSSR count). The summed E-state index contributed by atoms with van der Waals surface area (Å²) in [6.07, 6.45) is 0.945. The highest BCUT2D eigenvalue weighted by atomic mass is 32.2. The van der Waals surface area contributed by atoms with E-state index >= 15 is 0 Å². The highest BCUT2D eigenvalue weighted by Gasteiger charge is 2.26. The summed E-state index contributed by atoms with van der Waals surface area (Å²) in [7, 11) is 0. The predicted octanol–water partition coefficient (Wildman–Crippen LogP) is 2.93. The number of aliphatic imine (C=N–C) groups is 1. The second-order valence-corrected chi connectivity index (χ2v) is 5.96. The molecule has 4 heteroatoms. The molecule has 1 saturated heterocycles. The van der Waals surface area contributed by atoms with Crippen LogP contribution < -0.4 is 10.1 Å². The van der Waals surface area contributed by atoms with E-state index in [9.17, 15) is 0 Å². The monoisotopic (exact) mass is 264 g/mol. The van der Waals surface area contributed by atoms with Gasteiger partial charge in [-0.05, 0) is 26.0 Å². The third-order valence-electron chi connectivity index (χ3n) is 2.58. The maximum Gasteiger partial charge on any atom is 0.157 e. The standard InChI is InChI=1S/C14H20N2OS/c1-14(2)11-18-13(16-14)15-9-6-10-17-12-7-4-3-5-8-12/h3-5,7-8H,6,9-11H2,1-2H3,(H,15,16). The number of ether oxygens (including phenoxy) is 1. The van der Waals surface area contributed by atoms with Gasteiger partial charge in [0.2, 0.25) is 0 Å². The molecular weight excluding hydrogens is 244 g/mol. The van der Waals surface area contributed by atoms with E-state index < -0.39 is 0 Å². The van der Waals surface area contributed by atoms with Gasteiger partial charge in [-0.1, -0.05) is 30.0 Å². The number of hydrogen-bond acceptors (Lipinski definition) is 3. The summed E-state index contributed by atoms with van der Waals surface area (Å²) in [5.74, 6) is 2.02. The van der Waals surface area contributed by atoms with Crippen molar-refractivity contribution < 1.29 is 4.74 Å². The fourth-order valence-electron chi connectivity index (χ4n) is 1.65. The zero-order valence-electron chi connectivity index (χ0n) is 11.0. The van der Waals surface area contributed by atoms with Gasteiger partial charge in [-0.15, -0.1) is 0 Å². The number of benzene rings is 1. The van der Waals surface area contributed by atoms with Gasteiger partial charge in [0.1, 0.15) is 5.75 Å². The SMILES string of the molecule is CC1(C)CSC(=NCCCOc2ccccc2)N1. The Hall–Kier alpha value is -1.16. The van der Waals surface area contributed by atoms with Crippen molar-refractivity contribution in [2.75, 3.05) is 18.9 Å². The first-order valence-corrected chi connectivity index (χ1v) is 7.28. The van der Waals surface area contributed by atoms with Crippen LogP contribution in [0.3, 0.4) is 0 Å². The topological polar surface area (TPSA) is 33.6 Å². The molecule has 0 unspecified atom stereocenters. The van der Waals surface area contributed by atoms with Crippen LogP contribution in [0.2, 0.25) is 0 Å². The summed E-state index contributed by atoms with van der Waals surface area (Å²) in [6.45, 7) is 5.93. The highest BCUT2D eigenvalue weighted by Crippen LogP contribution is 2.21. The average molecular weight is 264 g/mol. The minimum absolute atomic E-state index is 0.185. The number of amidine groups is 1. The Bertz CT molecular complexity index is 404. The fourth-order valence-corrected chi connectivity index (χ4v) is 2.75. The molecule has 0 saturated carbocycles. The van der Waals surface area contributed by atoms with E-state index in [0.717, 1.165) is 36.2 Å². The van der Waals surface area contributed by atoms with E-state index in [-0.39, 0.29) is 5.54 Å². The van der Waals surface area contributed by atoms with E-state index in [1.165, 1.54) is 0 Å². The molecule has 1 aliphatic rings. The van der Waals surface area contributed by atoms with Gasteiger partial charge in [0.05, 0.1) is 6.61 Å². The van der Waals surface area contributed by atoms with E-state index in [2.05, 4.69) is 24.2 Å². The van der Waals surface area contributed by atoms with Crippen LogP contribution in [0, 0.1) is 0 Å². The van der Waals surface area contributed by atoms with E-state index in [1.54, 1.807) is 11.8 Å². The molecule has 0 bridgehead atoms.